The third-order valence-corrected chi connectivity index (χ3v) is 5.39. The highest BCUT2D eigenvalue weighted by atomic mass is 35.5. The van der Waals surface area contributed by atoms with E-state index in [0.717, 1.165) is 10.8 Å². The number of halogens is 2. The number of fused-ring (bicyclic) bond motifs is 2. The summed E-state index contributed by atoms with van der Waals surface area (Å²) >= 11 is 12.4. The van der Waals surface area contributed by atoms with Crippen molar-refractivity contribution in [2.75, 3.05) is 5.32 Å². The SMILES string of the molecule is O=C(N[C@@H]1C[C@@H](C(=O)O)Nc2cc(Cl)cc(Cl)c21)c1ccc2ccccc2c1. The molecule has 1 amide bonds. The summed E-state index contributed by atoms with van der Waals surface area (Å²) in [5, 5.41) is 18.1. The van der Waals surface area contributed by atoms with Crippen LogP contribution in [0.1, 0.15) is 28.4 Å². The fourth-order valence-corrected chi connectivity index (χ4v) is 4.15. The first-order valence-electron chi connectivity index (χ1n) is 8.70. The number of hydrogen-bond acceptors (Lipinski definition) is 3. The molecule has 5 nitrogen and oxygen atoms in total. The average molecular weight is 415 g/mol. The van der Waals surface area contributed by atoms with Gasteiger partial charge in [-0.25, -0.2) is 4.79 Å². The highest BCUT2D eigenvalue weighted by Crippen LogP contribution is 2.40. The van der Waals surface area contributed by atoms with Gasteiger partial charge < -0.3 is 15.7 Å². The highest BCUT2D eigenvalue weighted by molar-refractivity contribution is 6.35. The molecule has 4 rings (SSSR count). The van der Waals surface area contributed by atoms with Crippen LogP contribution >= 0.6 is 23.2 Å². The van der Waals surface area contributed by atoms with Crippen molar-refractivity contribution >= 4 is 51.5 Å². The molecule has 142 valence electrons. The Morgan fingerprint density at radius 2 is 1.79 bits per heavy atom. The van der Waals surface area contributed by atoms with Gasteiger partial charge in [-0.3, -0.25) is 4.79 Å². The van der Waals surface area contributed by atoms with Gasteiger partial charge in [0.15, 0.2) is 0 Å². The van der Waals surface area contributed by atoms with E-state index >= 15 is 0 Å². The van der Waals surface area contributed by atoms with Crippen LogP contribution in [0.2, 0.25) is 10.0 Å². The lowest BCUT2D eigenvalue weighted by molar-refractivity contribution is -0.138. The van der Waals surface area contributed by atoms with E-state index in [0.29, 0.717) is 26.9 Å². The van der Waals surface area contributed by atoms with Crippen molar-refractivity contribution in [3.8, 4) is 0 Å². The minimum Gasteiger partial charge on any atom is -0.480 e. The standard InChI is InChI=1S/C21H16Cl2N2O3/c22-14-8-15(23)19-16(9-14)24-18(21(27)28)10-17(19)25-20(26)13-6-5-11-3-1-2-4-12(11)7-13/h1-9,17-18,24H,10H2,(H,25,26)(H,27,28)/t17-,18+/m1/s1. The third-order valence-electron chi connectivity index (χ3n) is 4.86. The lowest BCUT2D eigenvalue weighted by atomic mass is 9.92. The van der Waals surface area contributed by atoms with Crippen LogP contribution in [0.3, 0.4) is 0 Å². The number of carbonyl (C=O) groups is 2. The zero-order valence-corrected chi connectivity index (χ0v) is 16.1. The largest absolute Gasteiger partial charge is 0.480 e. The number of amides is 1. The second-order valence-corrected chi connectivity index (χ2v) is 7.55. The topological polar surface area (TPSA) is 78.4 Å². The zero-order chi connectivity index (χ0) is 19.8. The van der Waals surface area contributed by atoms with Crippen molar-refractivity contribution < 1.29 is 14.7 Å². The van der Waals surface area contributed by atoms with E-state index in [2.05, 4.69) is 10.6 Å². The Labute approximate surface area is 171 Å². The van der Waals surface area contributed by atoms with Crippen LogP contribution in [-0.2, 0) is 4.79 Å². The number of hydrogen-bond donors (Lipinski definition) is 3. The smallest absolute Gasteiger partial charge is 0.326 e. The lowest BCUT2D eigenvalue weighted by Gasteiger charge is -2.32. The summed E-state index contributed by atoms with van der Waals surface area (Å²) in [4.78, 5) is 24.4. The Kier molecular flexibility index (Phi) is 4.87. The maximum Gasteiger partial charge on any atom is 0.326 e. The molecule has 0 saturated heterocycles. The summed E-state index contributed by atoms with van der Waals surface area (Å²) in [5.74, 6) is -1.30. The first-order valence-corrected chi connectivity index (χ1v) is 9.46. The van der Waals surface area contributed by atoms with E-state index in [-0.39, 0.29) is 12.3 Å². The Balaban J connectivity index is 1.67. The summed E-state index contributed by atoms with van der Waals surface area (Å²) in [6, 6.07) is 15.0. The first-order chi connectivity index (χ1) is 13.4. The van der Waals surface area contributed by atoms with E-state index < -0.39 is 18.1 Å². The summed E-state index contributed by atoms with van der Waals surface area (Å²) in [5.41, 5.74) is 1.65. The van der Waals surface area contributed by atoms with Gasteiger partial charge in [-0.2, -0.15) is 0 Å². The van der Waals surface area contributed by atoms with Gasteiger partial charge in [0, 0.05) is 33.3 Å². The summed E-state index contributed by atoms with van der Waals surface area (Å²) < 4.78 is 0. The van der Waals surface area contributed by atoms with Crippen molar-refractivity contribution in [1.82, 2.24) is 5.32 Å². The molecule has 3 aromatic rings. The molecule has 0 fully saturated rings. The molecule has 0 aliphatic carbocycles. The fraction of sp³-hybridized carbons (Fsp3) is 0.143. The molecule has 1 heterocycles. The fourth-order valence-electron chi connectivity index (χ4n) is 3.52. The van der Waals surface area contributed by atoms with Crippen LogP contribution in [-0.4, -0.2) is 23.0 Å². The van der Waals surface area contributed by atoms with Gasteiger partial charge in [0.1, 0.15) is 6.04 Å². The molecule has 1 aliphatic heterocycles. The van der Waals surface area contributed by atoms with Crippen LogP contribution in [0.4, 0.5) is 5.69 Å². The van der Waals surface area contributed by atoms with Crippen molar-refractivity contribution in [2.24, 2.45) is 0 Å². The van der Waals surface area contributed by atoms with Gasteiger partial charge in [-0.15, -0.1) is 0 Å². The number of benzene rings is 3. The molecule has 0 saturated carbocycles. The molecule has 0 unspecified atom stereocenters. The zero-order valence-electron chi connectivity index (χ0n) is 14.6. The molecule has 0 bridgehead atoms. The number of carboxylic acids is 1. The van der Waals surface area contributed by atoms with Crippen molar-refractivity contribution in [1.29, 1.82) is 0 Å². The normalized spacial score (nSPS) is 18.2. The van der Waals surface area contributed by atoms with Crippen molar-refractivity contribution in [3.05, 3.63) is 75.8 Å². The maximum absolute atomic E-state index is 12.9. The van der Waals surface area contributed by atoms with E-state index in [1.165, 1.54) is 0 Å². The predicted octanol–water partition coefficient (Wildman–Crippen LogP) is 4.89. The predicted molar refractivity (Wildman–Crippen MR) is 110 cm³/mol. The molecule has 28 heavy (non-hydrogen) atoms. The van der Waals surface area contributed by atoms with Crippen LogP contribution < -0.4 is 10.6 Å². The maximum atomic E-state index is 12.9. The monoisotopic (exact) mass is 414 g/mol. The lowest BCUT2D eigenvalue weighted by Crippen LogP contribution is -2.41. The van der Waals surface area contributed by atoms with E-state index in [1.807, 2.05) is 36.4 Å². The van der Waals surface area contributed by atoms with Crippen LogP contribution in [0.15, 0.2) is 54.6 Å². The second kappa shape index (κ2) is 7.34. The Bertz CT molecular complexity index is 1100. The number of carboxylic acid groups (broad SMARTS) is 1. The summed E-state index contributed by atoms with van der Waals surface area (Å²) in [7, 11) is 0. The number of carbonyl (C=O) groups excluding carboxylic acids is 1. The van der Waals surface area contributed by atoms with E-state index in [1.54, 1.807) is 18.2 Å². The van der Waals surface area contributed by atoms with Crippen molar-refractivity contribution in [2.45, 2.75) is 18.5 Å². The van der Waals surface area contributed by atoms with Crippen LogP contribution in [0.5, 0.6) is 0 Å². The third kappa shape index (κ3) is 3.51. The Morgan fingerprint density at radius 3 is 2.54 bits per heavy atom. The minimum atomic E-state index is -1.01. The van der Waals surface area contributed by atoms with E-state index in [4.69, 9.17) is 23.2 Å². The first kappa shape index (κ1) is 18.6. The van der Waals surface area contributed by atoms with Gasteiger partial charge in [-0.05, 0) is 35.0 Å². The quantitative estimate of drug-likeness (QED) is 0.570. The van der Waals surface area contributed by atoms with Gasteiger partial charge in [0.05, 0.1) is 6.04 Å². The van der Waals surface area contributed by atoms with Crippen molar-refractivity contribution in [3.63, 3.8) is 0 Å². The molecule has 3 N–H and O–H groups in total. The number of aliphatic carboxylic acids is 1. The highest BCUT2D eigenvalue weighted by Gasteiger charge is 2.33. The molecule has 0 spiro atoms. The summed E-state index contributed by atoms with van der Waals surface area (Å²) in [6.45, 7) is 0. The average Bonchev–Trinajstić information content (AvgIpc) is 2.66. The summed E-state index contributed by atoms with van der Waals surface area (Å²) in [6.07, 6.45) is 0.170. The number of nitrogens with one attached hydrogen (secondary N) is 2. The Morgan fingerprint density at radius 1 is 1.04 bits per heavy atom. The molecule has 0 aromatic heterocycles. The number of rotatable bonds is 3. The van der Waals surface area contributed by atoms with Crippen LogP contribution in [0, 0.1) is 0 Å². The molecule has 0 radical (unpaired) electrons. The minimum absolute atomic E-state index is 0.170. The molecular formula is C21H16Cl2N2O3. The van der Waals surface area contributed by atoms with Gasteiger partial charge in [-0.1, -0.05) is 53.5 Å². The molecule has 2 atom stereocenters. The molecular weight excluding hydrogens is 399 g/mol. The van der Waals surface area contributed by atoms with Gasteiger partial charge >= 0.3 is 5.97 Å². The van der Waals surface area contributed by atoms with Gasteiger partial charge in [0.25, 0.3) is 5.91 Å². The molecule has 7 heteroatoms. The molecule has 1 aliphatic rings. The van der Waals surface area contributed by atoms with Gasteiger partial charge in [0.2, 0.25) is 0 Å². The van der Waals surface area contributed by atoms with E-state index in [9.17, 15) is 14.7 Å². The molecule has 3 aromatic carbocycles. The Hall–Kier alpha value is -2.76. The second-order valence-electron chi connectivity index (χ2n) is 6.71. The van der Waals surface area contributed by atoms with Crippen LogP contribution in [0.25, 0.3) is 10.8 Å². The number of anilines is 1.